The highest BCUT2D eigenvalue weighted by atomic mass is 15.4. The fourth-order valence-corrected chi connectivity index (χ4v) is 4.24. The van der Waals surface area contributed by atoms with Crippen molar-refractivity contribution in [3.05, 3.63) is 24.3 Å². The lowest BCUT2D eigenvalue weighted by molar-refractivity contribution is 0.445. The summed E-state index contributed by atoms with van der Waals surface area (Å²) in [6.45, 7) is 0. The number of hydrazone groups is 2. The van der Waals surface area contributed by atoms with Crippen LogP contribution in [0, 0.1) is 11.8 Å². The van der Waals surface area contributed by atoms with Gasteiger partial charge in [0.05, 0.1) is 0 Å². The van der Waals surface area contributed by atoms with E-state index in [1.165, 1.54) is 64.2 Å². The minimum atomic E-state index is 0.579. The van der Waals surface area contributed by atoms with Crippen molar-refractivity contribution in [2.45, 2.75) is 64.2 Å². The lowest BCUT2D eigenvalue weighted by atomic mass is 9.90. The number of aromatic nitrogens is 2. The summed E-state index contributed by atoms with van der Waals surface area (Å²) in [6, 6.07) is 8.10. The van der Waals surface area contributed by atoms with E-state index in [2.05, 4.69) is 31.3 Å². The van der Waals surface area contributed by atoms with Crippen LogP contribution in [-0.2, 0) is 0 Å². The van der Waals surface area contributed by atoms with Crippen LogP contribution in [0.2, 0.25) is 0 Å². The molecule has 0 amide bonds. The molecular formula is C22H30N6. The molecule has 2 aliphatic rings. The van der Waals surface area contributed by atoms with Gasteiger partial charge in [-0.25, -0.2) is 0 Å². The van der Waals surface area contributed by atoms with Crippen molar-refractivity contribution in [3.63, 3.8) is 0 Å². The largest absolute Gasteiger partial charge is 0.260 e. The van der Waals surface area contributed by atoms with Gasteiger partial charge < -0.3 is 0 Å². The zero-order valence-electron chi connectivity index (χ0n) is 16.5. The minimum Gasteiger partial charge on any atom is -0.260 e. The van der Waals surface area contributed by atoms with Crippen molar-refractivity contribution in [2.75, 3.05) is 10.9 Å². The van der Waals surface area contributed by atoms with Gasteiger partial charge >= 0.3 is 0 Å². The molecule has 2 saturated carbocycles. The first-order valence-corrected chi connectivity index (χ1v) is 10.7. The molecule has 2 aliphatic carbocycles. The topological polar surface area (TPSA) is 74.6 Å². The summed E-state index contributed by atoms with van der Waals surface area (Å²) in [7, 11) is 0. The number of nitrogens with one attached hydrogen (secondary N) is 2. The van der Waals surface area contributed by atoms with E-state index in [-0.39, 0.29) is 0 Å². The van der Waals surface area contributed by atoms with Gasteiger partial charge in [-0.3, -0.25) is 10.9 Å². The molecule has 2 N–H and O–H groups in total. The summed E-state index contributed by atoms with van der Waals surface area (Å²) in [4.78, 5) is 0. The molecule has 6 nitrogen and oxygen atoms in total. The number of fused-ring (bicyclic) bond motifs is 1. The Hall–Kier alpha value is -2.50. The molecule has 0 bridgehead atoms. The quantitative estimate of drug-likeness (QED) is 0.508. The standard InChI is InChI=1S/C22H30N6/c1-3-9-17(10-4-1)15-23-25-21-19-13-7-8-14-20(19)22(28-27-21)26-24-16-18-11-5-2-6-12-18/h7-8,13-18H,1-6,9-12H2,(H,25,27)(H,26,28)/b23-15+,24-16+. The smallest absolute Gasteiger partial charge is 0.176 e. The van der Waals surface area contributed by atoms with Crippen LogP contribution < -0.4 is 10.9 Å². The van der Waals surface area contributed by atoms with Gasteiger partial charge in [0.2, 0.25) is 0 Å². The van der Waals surface area contributed by atoms with Crippen LogP contribution in [-0.4, -0.2) is 22.6 Å². The molecular weight excluding hydrogens is 348 g/mol. The molecule has 148 valence electrons. The van der Waals surface area contributed by atoms with Crippen molar-refractivity contribution in [3.8, 4) is 0 Å². The van der Waals surface area contributed by atoms with E-state index in [0.29, 0.717) is 23.5 Å². The maximum atomic E-state index is 4.44. The molecule has 0 unspecified atom stereocenters. The Morgan fingerprint density at radius 1 is 0.679 bits per heavy atom. The first kappa shape index (κ1) is 18.8. The molecule has 0 saturated heterocycles. The molecule has 0 spiro atoms. The van der Waals surface area contributed by atoms with Crippen molar-refractivity contribution in [1.29, 1.82) is 0 Å². The zero-order valence-corrected chi connectivity index (χ0v) is 16.5. The third kappa shape index (κ3) is 4.86. The monoisotopic (exact) mass is 378 g/mol. The van der Waals surface area contributed by atoms with Gasteiger partial charge in [-0.15, -0.1) is 10.2 Å². The van der Waals surface area contributed by atoms with E-state index >= 15 is 0 Å². The molecule has 4 rings (SSSR count). The average molecular weight is 379 g/mol. The highest BCUT2D eigenvalue weighted by Crippen LogP contribution is 2.27. The van der Waals surface area contributed by atoms with Gasteiger partial charge in [0.1, 0.15) is 0 Å². The summed E-state index contributed by atoms with van der Waals surface area (Å²) < 4.78 is 0. The third-order valence-electron chi connectivity index (χ3n) is 5.90. The first-order valence-electron chi connectivity index (χ1n) is 10.7. The van der Waals surface area contributed by atoms with E-state index in [0.717, 1.165) is 10.8 Å². The molecule has 2 aromatic rings. The average Bonchev–Trinajstić information content (AvgIpc) is 2.76. The molecule has 1 aromatic carbocycles. The van der Waals surface area contributed by atoms with Crippen molar-refractivity contribution >= 4 is 34.8 Å². The van der Waals surface area contributed by atoms with Crippen molar-refractivity contribution in [1.82, 2.24) is 10.2 Å². The second-order valence-corrected chi connectivity index (χ2v) is 8.02. The Kier molecular flexibility index (Phi) is 6.48. The molecule has 0 atom stereocenters. The molecule has 6 heteroatoms. The van der Waals surface area contributed by atoms with Gasteiger partial charge in [-0.1, -0.05) is 62.8 Å². The molecule has 0 radical (unpaired) electrons. The van der Waals surface area contributed by atoms with Crippen LogP contribution in [0.5, 0.6) is 0 Å². The molecule has 1 heterocycles. The summed E-state index contributed by atoms with van der Waals surface area (Å²) in [5, 5.41) is 19.6. The van der Waals surface area contributed by atoms with E-state index in [1.807, 2.05) is 36.7 Å². The number of rotatable bonds is 6. The van der Waals surface area contributed by atoms with Gasteiger partial charge in [0.15, 0.2) is 11.6 Å². The maximum Gasteiger partial charge on any atom is 0.176 e. The molecule has 1 aromatic heterocycles. The number of hydrogen-bond acceptors (Lipinski definition) is 6. The number of nitrogens with zero attached hydrogens (tertiary/aromatic N) is 4. The van der Waals surface area contributed by atoms with Crippen LogP contribution in [0.25, 0.3) is 10.8 Å². The maximum absolute atomic E-state index is 4.44. The molecule has 28 heavy (non-hydrogen) atoms. The SMILES string of the molecule is C(=N\Nc1nnc(N/N=C/C2CCCCC2)c2ccccc12)/C1CCCCC1. The Morgan fingerprint density at radius 2 is 1.11 bits per heavy atom. The second-order valence-electron chi connectivity index (χ2n) is 8.02. The fraction of sp³-hybridized carbons (Fsp3) is 0.545. The van der Waals surface area contributed by atoms with Gasteiger partial charge in [-0.2, -0.15) is 10.2 Å². The predicted molar refractivity (Wildman–Crippen MR) is 117 cm³/mol. The number of hydrogen-bond donors (Lipinski definition) is 2. The summed E-state index contributed by atoms with van der Waals surface area (Å²) in [5.74, 6) is 2.53. The van der Waals surface area contributed by atoms with Crippen LogP contribution >= 0.6 is 0 Å². The number of benzene rings is 1. The first-order chi connectivity index (χ1) is 13.9. The van der Waals surface area contributed by atoms with Crippen LogP contribution in [0.1, 0.15) is 64.2 Å². The summed E-state index contributed by atoms with van der Waals surface area (Å²) >= 11 is 0. The van der Waals surface area contributed by atoms with Crippen molar-refractivity contribution < 1.29 is 0 Å². The highest BCUT2D eigenvalue weighted by Gasteiger charge is 2.13. The predicted octanol–water partition coefficient (Wildman–Crippen LogP) is 5.59. The second kappa shape index (κ2) is 9.62. The summed E-state index contributed by atoms with van der Waals surface area (Å²) in [6.07, 6.45) is 17.0. The highest BCUT2D eigenvalue weighted by molar-refractivity contribution is 5.98. The number of anilines is 2. The van der Waals surface area contributed by atoms with Crippen LogP contribution in [0.3, 0.4) is 0 Å². The Morgan fingerprint density at radius 3 is 1.54 bits per heavy atom. The summed E-state index contributed by atoms with van der Waals surface area (Å²) in [5.41, 5.74) is 6.20. The van der Waals surface area contributed by atoms with Crippen LogP contribution in [0.4, 0.5) is 11.6 Å². The fourth-order valence-electron chi connectivity index (χ4n) is 4.24. The van der Waals surface area contributed by atoms with Gasteiger partial charge in [-0.05, 0) is 37.5 Å². The van der Waals surface area contributed by atoms with E-state index < -0.39 is 0 Å². The Bertz CT molecular complexity index is 750. The van der Waals surface area contributed by atoms with E-state index in [9.17, 15) is 0 Å². The van der Waals surface area contributed by atoms with Gasteiger partial charge in [0.25, 0.3) is 0 Å². The Labute approximate surface area is 166 Å². The minimum absolute atomic E-state index is 0.579. The van der Waals surface area contributed by atoms with Crippen LogP contribution in [0.15, 0.2) is 34.5 Å². The molecule has 0 aliphatic heterocycles. The Balaban J connectivity index is 1.45. The lowest BCUT2D eigenvalue weighted by Crippen LogP contribution is -2.09. The zero-order chi connectivity index (χ0) is 19.0. The normalized spacial score (nSPS) is 19.6. The third-order valence-corrected chi connectivity index (χ3v) is 5.90. The van der Waals surface area contributed by atoms with E-state index in [1.54, 1.807) is 0 Å². The van der Waals surface area contributed by atoms with E-state index in [4.69, 9.17) is 0 Å². The van der Waals surface area contributed by atoms with Gasteiger partial charge in [0, 0.05) is 23.2 Å². The molecule has 2 fully saturated rings. The lowest BCUT2D eigenvalue weighted by Gasteiger charge is -2.17. The van der Waals surface area contributed by atoms with Crippen molar-refractivity contribution in [2.24, 2.45) is 22.0 Å².